The topological polar surface area (TPSA) is 62.4 Å². The van der Waals surface area contributed by atoms with E-state index in [1.54, 1.807) is 11.3 Å². The van der Waals surface area contributed by atoms with Crippen molar-refractivity contribution in [1.82, 2.24) is 15.1 Å². The van der Waals surface area contributed by atoms with Gasteiger partial charge in [0.25, 0.3) is 5.89 Å². The van der Waals surface area contributed by atoms with Crippen LogP contribution in [-0.2, 0) is 6.54 Å². The number of halogens is 1. The van der Waals surface area contributed by atoms with Crippen LogP contribution < -0.4 is 0 Å². The van der Waals surface area contributed by atoms with Crippen LogP contribution in [0, 0.1) is 0 Å². The Morgan fingerprint density at radius 3 is 2.85 bits per heavy atom. The molecule has 2 aromatic heterocycles. The van der Waals surface area contributed by atoms with Crippen LogP contribution >= 0.6 is 27.3 Å². The van der Waals surface area contributed by atoms with Gasteiger partial charge in [0.2, 0.25) is 5.89 Å². The van der Waals surface area contributed by atoms with Gasteiger partial charge < -0.3 is 9.52 Å². The quantitative estimate of drug-likeness (QED) is 0.860. The molecule has 1 fully saturated rings. The molecule has 0 bridgehead atoms. The van der Waals surface area contributed by atoms with Crippen molar-refractivity contribution in [2.24, 2.45) is 0 Å². The van der Waals surface area contributed by atoms with Crippen LogP contribution in [0.5, 0.6) is 0 Å². The number of hydrogen-bond donors (Lipinski definition) is 1. The maximum absolute atomic E-state index is 9.16. The Morgan fingerprint density at radius 2 is 2.25 bits per heavy atom. The predicted molar refractivity (Wildman–Crippen MR) is 80.4 cm³/mol. The van der Waals surface area contributed by atoms with Gasteiger partial charge in [-0.3, -0.25) is 4.90 Å². The summed E-state index contributed by atoms with van der Waals surface area (Å²) in [4.78, 5) is 3.19. The average Bonchev–Trinajstić information content (AvgIpc) is 2.96. The predicted octanol–water partition coefficient (Wildman–Crippen LogP) is 2.91. The highest BCUT2D eigenvalue weighted by Gasteiger charge is 2.26. The van der Waals surface area contributed by atoms with Crippen molar-refractivity contribution >= 4 is 27.3 Å². The van der Waals surface area contributed by atoms with E-state index in [0.717, 1.165) is 8.66 Å². The molecule has 0 saturated heterocycles. The van der Waals surface area contributed by atoms with Gasteiger partial charge in [-0.25, -0.2) is 0 Å². The van der Waals surface area contributed by atoms with Crippen molar-refractivity contribution in [3.05, 3.63) is 21.8 Å². The Hall–Kier alpha value is -0.760. The molecular formula is C13H16BrN3O2S. The number of aliphatic hydroxyl groups is 1. The summed E-state index contributed by atoms with van der Waals surface area (Å²) >= 11 is 5.00. The third kappa shape index (κ3) is 3.11. The van der Waals surface area contributed by atoms with Crippen LogP contribution in [0.3, 0.4) is 0 Å². The molecule has 0 amide bonds. The van der Waals surface area contributed by atoms with Crippen LogP contribution in [0.2, 0.25) is 0 Å². The normalized spacial score (nSPS) is 15.8. The second-order valence-corrected chi connectivity index (χ2v) is 7.35. The Morgan fingerprint density at radius 1 is 1.40 bits per heavy atom. The van der Waals surface area contributed by atoms with Crippen molar-refractivity contribution in [2.45, 2.75) is 31.8 Å². The Kier molecular flexibility index (Phi) is 4.50. The molecule has 1 aliphatic rings. The summed E-state index contributed by atoms with van der Waals surface area (Å²) in [5.74, 6) is 1.18. The molecule has 108 valence electrons. The highest BCUT2D eigenvalue weighted by Crippen LogP contribution is 2.31. The van der Waals surface area contributed by atoms with E-state index in [4.69, 9.17) is 9.52 Å². The van der Waals surface area contributed by atoms with Gasteiger partial charge in [0.15, 0.2) is 0 Å². The van der Waals surface area contributed by atoms with Crippen LogP contribution in [0.15, 0.2) is 20.3 Å². The minimum Gasteiger partial charge on any atom is -0.419 e. The molecule has 1 saturated carbocycles. The van der Waals surface area contributed by atoms with E-state index in [0.29, 0.717) is 30.9 Å². The summed E-state index contributed by atoms with van der Waals surface area (Å²) in [6.45, 7) is 1.44. The molecule has 0 aromatic carbocycles. The average molecular weight is 358 g/mol. The molecule has 0 aliphatic heterocycles. The lowest BCUT2D eigenvalue weighted by Gasteiger charge is -2.36. The molecule has 5 nitrogen and oxygen atoms in total. The second kappa shape index (κ2) is 6.34. The molecule has 3 rings (SSSR count). The van der Waals surface area contributed by atoms with Crippen molar-refractivity contribution in [3.8, 4) is 10.8 Å². The van der Waals surface area contributed by atoms with E-state index in [9.17, 15) is 0 Å². The zero-order valence-corrected chi connectivity index (χ0v) is 13.4. The minimum absolute atomic E-state index is 0.162. The molecule has 2 aromatic rings. The summed E-state index contributed by atoms with van der Waals surface area (Å²) in [5.41, 5.74) is 0. The third-order valence-electron chi connectivity index (χ3n) is 3.57. The fourth-order valence-electron chi connectivity index (χ4n) is 2.29. The number of rotatable bonds is 6. The summed E-state index contributed by atoms with van der Waals surface area (Å²) in [6, 6.07) is 4.48. The number of nitrogens with zero attached hydrogens (tertiary/aromatic N) is 3. The largest absolute Gasteiger partial charge is 0.419 e. The van der Waals surface area contributed by atoms with Crippen LogP contribution in [-0.4, -0.2) is 39.4 Å². The molecular weight excluding hydrogens is 342 g/mol. The fraction of sp³-hybridized carbons (Fsp3) is 0.538. The molecule has 2 heterocycles. The number of hydrogen-bond acceptors (Lipinski definition) is 6. The summed E-state index contributed by atoms with van der Waals surface area (Å²) in [7, 11) is 0. The van der Waals surface area contributed by atoms with Gasteiger partial charge in [0, 0.05) is 12.6 Å². The standard InChI is InChI=1S/C13H16BrN3O2S/c14-11-5-4-10(20-11)13-16-15-12(19-13)8-17(6-7-18)9-2-1-3-9/h4-5,9,18H,1-3,6-8H2. The van der Waals surface area contributed by atoms with E-state index in [2.05, 4.69) is 31.0 Å². The second-order valence-electron chi connectivity index (χ2n) is 4.88. The molecule has 0 atom stereocenters. The van der Waals surface area contributed by atoms with Crippen LogP contribution in [0.1, 0.15) is 25.2 Å². The Bertz CT molecular complexity index is 567. The zero-order chi connectivity index (χ0) is 13.9. The van der Waals surface area contributed by atoms with Crippen molar-refractivity contribution in [2.75, 3.05) is 13.2 Å². The van der Waals surface area contributed by atoms with Crippen LogP contribution in [0.4, 0.5) is 0 Å². The summed E-state index contributed by atoms with van der Waals surface area (Å²) in [5, 5.41) is 17.4. The lowest BCUT2D eigenvalue weighted by Crippen LogP contribution is -2.41. The van der Waals surface area contributed by atoms with E-state index >= 15 is 0 Å². The number of aromatic nitrogens is 2. The summed E-state index contributed by atoms with van der Waals surface area (Å²) in [6.07, 6.45) is 3.66. The van der Waals surface area contributed by atoms with E-state index < -0.39 is 0 Å². The zero-order valence-electron chi connectivity index (χ0n) is 11.0. The van der Waals surface area contributed by atoms with Gasteiger partial charge >= 0.3 is 0 Å². The molecule has 20 heavy (non-hydrogen) atoms. The number of aliphatic hydroxyl groups excluding tert-OH is 1. The summed E-state index contributed by atoms with van der Waals surface area (Å²) < 4.78 is 6.77. The minimum atomic E-state index is 0.162. The first-order valence-electron chi connectivity index (χ1n) is 6.69. The molecule has 0 spiro atoms. The van der Waals surface area contributed by atoms with Gasteiger partial charge in [-0.2, -0.15) is 0 Å². The lowest BCUT2D eigenvalue weighted by atomic mass is 9.91. The molecule has 0 unspecified atom stereocenters. The van der Waals surface area contributed by atoms with E-state index in [1.807, 2.05) is 12.1 Å². The molecule has 1 N–H and O–H groups in total. The monoisotopic (exact) mass is 357 g/mol. The van der Waals surface area contributed by atoms with Crippen LogP contribution in [0.25, 0.3) is 10.8 Å². The molecule has 0 radical (unpaired) electrons. The highest BCUT2D eigenvalue weighted by molar-refractivity contribution is 9.11. The highest BCUT2D eigenvalue weighted by atomic mass is 79.9. The van der Waals surface area contributed by atoms with Gasteiger partial charge in [-0.15, -0.1) is 21.5 Å². The molecule has 7 heteroatoms. The van der Waals surface area contributed by atoms with Gasteiger partial charge in [0.05, 0.1) is 21.8 Å². The Labute approximate surface area is 129 Å². The molecule has 1 aliphatic carbocycles. The van der Waals surface area contributed by atoms with Crippen molar-refractivity contribution in [1.29, 1.82) is 0 Å². The van der Waals surface area contributed by atoms with Gasteiger partial charge in [-0.1, -0.05) is 6.42 Å². The van der Waals surface area contributed by atoms with E-state index in [1.165, 1.54) is 19.3 Å². The lowest BCUT2D eigenvalue weighted by molar-refractivity contribution is 0.0862. The first kappa shape index (κ1) is 14.2. The van der Waals surface area contributed by atoms with Gasteiger partial charge in [0.1, 0.15) is 0 Å². The Balaban J connectivity index is 1.69. The first-order valence-corrected chi connectivity index (χ1v) is 8.30. The van der Waals surface area contributed by atoms with Gasteiger partial charge in [-0.05, 0) is 40.9 Å². The van der Waals surface area contributed by atoms with Crippen molar-refractivity contribution < 1.29 is 9.52 Å². The maximum atomic E-state index is 9.16. The van der Waals surface area contributed by atoms with E-state index in [-0.39, 0.29) is 6.61 Å². The maximum Gasteiger partial charge on any atom is 0.257 e. The third-order valence-corrected chi connectivity index (χ3v) is 5.18. The first-order chi connectivity index (χ1) is 9.76. The fourth-order valence-corrected chi connectivity index (χ4v) is 3.60. The number of thiophene rings is 1. The van der Waals surface area contributed by atoms with Crippen molar-refractivity contribution in [3.63, 3.8) is 0 Å². The smallest absolute Gasteiger partial charge is 0.257 e. The SMILES string of the molecule is OCCN(Cc1nnc(-c2ccc(Br)s2)o1)C1CCC1.